The second-order valence-electron chi connectivity index (χ2n) is 16.3. The lowest BCUT2D eigenvalue weighted by molar-refractivity contribution is -0.167. The van der Waals surface area contributed by atoms with Crippen molar-refractivity contribution in [2.45, 2.75) is 148 Å². The Hall–Kier alpha value is -4.01. The Kier molecular flexibility index (Phi) is 13.3. The maximum Gasteiger partial charge on any atom is 0.514 e. The van der Waals surface area contributed by atoms with Crippen molar-refractivity contribution < 1.29 is 62.2 Å². The molecule has 0 radical (unpaired) electrons. The maximum absolute atomic E-state index is 13.3. The number of rotatable bonds is 16. The Balaban J connectivity index is 1.51. The molecule has 1 aromatic carbocycles. The van der Waals surface area contributed by atoms with Gasteiger partial charge in [-0.1, -0.05) is 26.3 Å². The van der Waals surface area contributed by atoms with Crippen LogP contribution in [0.5, 0.6) is 11.5 Å². The van der Waals surface area contributed by atoms with Gasteiger partial charge in [-0.3, -0.25) is 19.2 Å². The number of likely N-dealkylation sites (N-methyl/N-ethyl adjacent to an activating group) is 1. The van der Waals surface area contributed by atoms with Gasteiger partial charge < -0.3 is 43.2 Å². The standard InChI is InChI=1S/C40H57NO13/c1-11-13-20-48-23-25(42)28(22-32(45)53-37(3,4)5)50-31(44)17-16-30(43)49-27-18-19-40(47)29(41(10)12-2)21-24-14-15-26(51-36(46)54-38(6,7)8)34-33(24)39(40,9)35(27)52-34/h14-15,18,28-29,35,47H,11-13,16-17,19-23H2,1-10H3/t28-,29+,35-,39-,40+/m0/s1. The van der Waals surface area contributed by atoms with Gasteiger partial charge in [0.1, 0.15) is 23.6 Å². The van der Waals surface area contributed by atoms with Crippen LogP contribution in [0.2, 0.25) is 0 Å². The normalized spacial score (nSPS) is 23.4. The molecule has 1 aliphatic heterocycles. The largest absolute Gasteiger partial charge is 0.514 e. The molecule has 0 saturated carbocycles. The first-order chi connectivity index (χ1) is 25.1. The minimum absolute atomic E-state index is 0.0999. The van der Waals surface area contributed by atoms with Crippen molar-refractivity contribution in [3.05, 3.63) is 35.1 Å². The molecule has 1 heterocycles. The van der Waals surface area contributed by atoms with E-state index < -0.39 is 83.5 Å². The quantitative estimate of drug-likeness (QED) is 0.1000. The van der Waals surface area contributed by atoms with Crippen LogP contribution in [0.1, 0.15) is 112 Å². The molecule has 1 aromatic rings. The number of aliphatic hydroxyl groups is 1. The smallest absolute Gasteiger partial charge is 0.477 e. The topological polar surface area (TPSA) is 173 Å². The molecule has 0 spiro atoms. The van der Waals surface area contributed by atoms with E-state index in [9.17, 15) is 29.1 Å². The average Bonchev–Trinajstić information content (AvgIpc) is 3.40. The summed E-state index contributed by atoms with van der Waals surface area (Å²) in [5.74, 6) is -2.53. The van der Waals surface area contributed by atoms with E-state index in [1.165, 1.54) is 0 Å². The second kappa shape index (κ2) is 16.8. The fourth-order valence-corrected chi connectivity index (χ4v) is 7.20. The lowest BCUT2D eigenvalue weighted by Crippen LogP contribution is -2.69. The number of ketones is 1. The molecule has 54 heavy (non-hydrogen) atoms. The zero-order valence-electron chi connectivity index (χ0n) is 33.3. The van der Waals surface area contributed by atoms with Crippen LogP contribution < -0.4 is 9.47 Å². The summed E-state index contributed by atoms with van der Waals surface area (Å²) >= 11 is 0. The van der Waals surface area contributed by atoms with Gasteiger partial charge >= 0.3 is 24.1 Å². The van der Waals surface area contributed by atoms with Crippen LogP contribution in [0, 0.1) is 0 Å². The van der Waals surface area contributed by atoms with E-state index in [2.05, 4.69) is 4.90 Å². The summed E-state index contributed by atoms with van der Waals surface area (Å²) in [6.07, 6.45) is -0.928. The van der Waals surface area contributed by atoms with Gasteiger partial charge in [-0.2, -0.15) is 0 Å². The molecule has 0 fully saturated rings. The number of hydrogen-bond acceptors (Lipinski definition) is 14. The SMILES string of the molecule is CCCCOCC(=O)[C@H](CC(=O)OC(C)(C)C)OC(=O)CCC(=O)OC1=CC[C@@]2(O)[C@H](N(C)CC)Cc3ccc(OC(=O)OC(C)(C)C)c4c3[C@@]2(C)[C@H]1O4. The van der Waals surface area contributed by atoms with Crippen LogP contribution in [-0.2, 0) is 54.7 Å². The first-order valence-corrected chi connectivity index (χ1v) is 18.7. The monoisotopic (exact) mass is 759 g/mol. The van der Waals surface area contributed by atoms with E-state index in [1.807, 2.05) is 33.9 Å². The van der Waals surface area contributed by atoms with Gasteiger partial charge in [0.15, 0.2) is 29.5 Å². The number of ether oxygens (including phenoxy) is 7. The van der Waals surface area contributed by atoms with Gasteiger partial charge in [-0.05, 0) is 92.6 Å². The molecule has 0 bridgehead atoms. The molecule has 1 N–H and O–H groups in total. The fraction of sp³-hybridized carbons (Fsp3) is 0.675. The number of hydrogen-bond donors (Lipinski definition) is 1. The zero-order chi connectivity index (χ0) is 40.2. The van der Waals surface area contributed by atoms with Crippen LogP contribution in [-0.4, -0.2) is 102 Å². The van der Waals surface area contributed by atoms with Crippen molar-refractivity contribution in [2.24, 2.45) is 0 Å². The molecule has 14 nitrogen and oxygen atoms in total. The first-order valence-electron chi connectivity index (χ1n) is 18.7. The van der Waals surface area contributed by atoms with Crippen molar-refractivity contribution in [2.75, 3.05) is 26.8 Å². The van der Waals surface area contributed by atoms with Gasteiger partial charge in [0.25, 0.3) is 0 Å². The number of carbonyl (C=O) groups excluding carboxylic acids is 5. The Morgan fingerprint density at radius 2 is 1.63 bits per heavy atom. The number of esters is 3. The minimum atomic E-state index is -1.46. The van der Waals surface area contributed by atoms with Crippen LogP contribution in [0.25, 0.3) is 0 Å². The summed E-state index contributed by atoms with van der Waals surface area (Å²) in [5.41, 5.74) is -2.60. The van der Waals surface area contributed by atoms with Crippen molar-refractivity contribution in [1.29, 1.82) is 0 Å². The number of benzene rings is 1. The lowest BCUT2D eigenvalue weighted by atomic mass is 9.54. The summed E-state index contributed by atoms with van der Waals surface area (Å²) in [4.78, 5) is 66.5. The van der Waals surface area contributed by atoms with Crippen LogP contribution in [0.15, 0.2) is 24.0 Å². The lowest BCUT2D eigenvalue weighted by Gasteiger charge is -2.56. The summed E-state index contributed by atoms with van der Waals surface area (Å²) in [5, 5.41) is 12.6. The third-order valence-electron chi connectivity index (χ3n) is 9.89. The van der Waals surface area contributed by atoms with Gasteiger partial charge in [0.2, 0.25) is 0 Å². The fourth-order valence-electron chi connectivity index (χ4n) is 7.20. The van der Waals surface area contributed by atoms with E-state index >= 15 is 0 Å². The van der Waals surface area contributed by atoms with E-state index in [4.69, 9.17) is 33.2 Å². The van der Waals surface area contributed by atoms with Gasteiger partial charge in [0, 0.05) is 24.6 Å². The van der Waals surface area contributed by atoms with E-state index in [1.54, 1.807) is 53.7 Å². The molecule has 0 saturated heterocycles. The number of nitrogens with zero attached hydrogens (tertiary/aromatic N) is 1. The molecular weight excluding hydrogens is 702 g/mol. The highest BCUT2D eigenvalue weighted by Crippen LogP contribution is 2.62. The summed E-state index contributed by atoms with van der Waals surface area (Å²) < 4.78 is 39.4. The molecule has 5 atom stereocenters. The highest BCUT2D eigenvalue weighted by atomic mass is 16.7. The van der Waals surface area contributed by atoms with E-state index in [0.717, 1.165) is 18.4 Å². The molecule has 2 aliphatic carbocycles. The molecule has 14 heteroatoms. The third kappa shape index (κ3) is 9.61. The van der Waals surface area contributed by atoms with Crippen LogP contribution in [0.3, 0.4) is 0 Å². The molecule has 300 valence electrons. The van der Waals surface area contributed by atoms with Crippen molar-refractivity contribution >= 4 is 29.8 Å². The average molecular weight is 760 g/mol. The second-order valence-corrected chi connectivity index (χ2v) is 16.3. The molecule has 0 aromatic heterocycles. The number of unbranched alkanes of at least 4 members (excludes halogenated alkanes) is 1. The van der Waals surface area contributed by atoms with Gasteiger partial charge in [-0.15, -0.1) is 0 Å². The summed E-state index contributed by atoms with van der Waals surface area (Å²) in [7, 11) is 1.94. The number of carbonyl (C=O) groups is 5. The predicted molar refractivity (Wildman–Crippen MR) is 195 cm³/mol. The predicted octanol–water partition coefficient (Wildman–Crippen LogP) is 5.27. The molecule has 3 aliphatic rings. The first kappa shape index (κ1) is 42.7. The zero-order valence-corrected chi connectivity index (χ0v) is 33.3. The third-order valence-corrected chi connectivity index (χ3v) is 9.89. The van der Waals surface area contributed by atoms with Crippen LogP contribution in [0.4, 0.5) is 4.79 Å². The molecule has 0 unspecified atom stereocenters. The van der Waals surface area contributed by atoms with Gasteiger partial charge in [-0.25, -0.2) is 4.79 Å². The van der Waals surface area contributed by atoms with Crippen molar-refractivity contribution in [3.8, 4) is 11.5 Å². The summed E-state index contributed by atoms with van der Waals surface area (Å²) in [6, 6.07) is 3.15. The van der Waals surface area contributed by atoms with Crippen molar-refractivity contribution in [3.63, 3.8) is 0 Å². The Labute approximate surface area is 317 Å². The minimum Gasteiger partial charge on any atom is -0.477 e. The van der Waals surface area contributed by atoms with Gasteiger partial charge in [0.05, 0.1) is 30.3 Å². The van der Waals surface area contributed by atoms with E-state index in [0.29, 0.717) is 25.1 Å². The maximum atomic E-state index is 13.3. The molecule has 0 amide bonds. The Morgan fingerprint density at radius 3 is 2.26 bits per heavy atom. The Morgan fingerprint density at radius 1 is 0.963 bits per heavy atom. The number of Topliss-reactive ketones (excluding diaryl/α,β-unsaturated/α-hetero) is 1. The van der Waals surface area contributed by atoms with Crippen molar-refractivity contribution in [1.82, 2.24) is 4.90 Å². The summed E-state index contributed by atoms with van der Waals surface area (Å²) in [6.45, 7) is 16.6. The highest BCUT2D eigenvalue weighted by Gasteiger charge is 2.68. The molecule has 4 rings (SSSR count). The van der Waals surface area contributed by atoms with Crippen LogP contribution >= 0.6 is 0 Å². The molecular formula is C40H57NO13. The Bertz CT molecular complexity index is 1620. The highest BCUT2D eigenvalue weighted by molar-refractivity contribution is 5.90. The van der Waals surface area contributed by atoms with E-state index in [-0.39, 0.29) is 36.3 Å².